The molecule has 2 aliphatic heterocycles. The van der Waals surface area contributed by atoms with E-state index in [2.05, 4.69) is 0 Å². The van der Waals surface area contributed by atoms with Gasteiger partial charge in [-0.3, -0.25) is 14.5 Å². The average molecular weight is 483 g/mol. The van der Waals surface area contributed by atoms with Crippen LogP contribution in [0.2, 0.25) is 0 Å². The van der Waals surface area contributed by atoms with Crippen LogP contribution in [0.1, 0.15) is 41.9 Å². The Hall–Kier alpha value is -1.98. The maximum Gasteiger partial charge on any atom is 0.327 e. The molecule has 1 saturated carbocycles. The molecule has 1 aromatic heterocycles. The molecule has 3 heterocycles. The number of hydrogen-bond donors (Lipinski definition) is 0. The summed E-state index contributed by atoms with van der Waals surface area (Å²) in [6.45, 7) is 4.23. The highest BCUT2D eigenvalue weighted by Crippen LogP contribution is 2.39. The zero-order valence-electron chi connectivity index (χ0n) is 18.8. The number of nitrogens with zero attached hydrogens (tertiary/aromatic N) is 4. The lowest BCUT2D eigenvalue weighted by molar-refractivity contribution is -0.141. The van der Waals surface area contributed by atoms with Crippen molar-refractivity contribution in [2.45, 2.75) is 56.4 Å². The molecule has 0 bridgehead atoms. The second-order valence-corrected chi connectivity index (χ2v) is 12.3. The molecule has 0 atom stereocenters. The number of imide groups is 1. The summed E-state index contributed by atoms with van der Waals surface area (Å²) in [6.07, 6.45) is 4.11. The molecule has 4 rings (SSSR count). The topological polar surface area (TPSA) is 98.3 Å². The molecule has 11 heteroatoms. The number of rotatable bonds is 4. The summed E-state index contributed by atoms with van der Waals surface area (Å²) in [5.74, 6) is -0.602. The molecule has 2 saturated heterocycles. The van der Waals surface area contributed by atoms with Crippen molar-refractivity contribution < 1.29 is 22.8 Å². The SMILES string of the molecule is Cc1cc(S(=O)(=O)N2CCN(C(=O)CN3C(=O)N(C)C4(CCCCC4)C3=O)CC2)c(C)s1. The van der Waals surface area contributed by atoms with Gasteiger partial charge in [0.15, 0.2) is 0 Å². The minimum atomic E-state index is -3.61. The van der Waals surface area contributed by atoms with Crippen LogP contribution < -0.4 is 0 Å². The molecule has 0 N–H and O–H groups in total. The normalized spacial score (nSPS) is 22.3. The predicted octanol–water partition coefficient (Wildman–Crippen LogP) is 1.79. The third-order valence-electron chi connectivity index (χ3n) is 6.98. The van der Waals surface area contributed by atoms with Gasteiger partial charge in [0.05, 0.1) is 4.90 Å². The first-order valence-electron chi connectivity index (χ1n) is 11.0. The van der Waals surface area contributed by atoms with E-state index in [0.717, 1.165) is 33.9 Å². The van der Waals surface area contributed by atoms with Gasteiger partial charge in [-0.2, -0.15) is 4.31 Å². The number of aryl methyl sites for hydroxylation is 2. The smallest absolute Gasteiger partial charge is 0.327 e. The fourth-order valence-electron chi connectivity index (χ4n) is 5.09. The van der Waals surface area contributed by atoms with Gasteiger partial charge in [0.25, 0.3) is 5.91 Å². The van der Waals surface area contributed by atoms with Crippen molar-refractivity contribution in [2.24, 2.45) is 0 Å². The van der Waals surface area contributed by atoms with Crippen molar-refractivity contribution in [3.63, 3.8) is 0 Å². The van der Waals surface area contributed by atoms with Crippen LogP contribution in [0.5, 0.6) is 0 Å². The number of thiophene rings is 1. The third-order valence-corrected chi connectivity index (χ3v) is 10.1. The van der Waals surface area contributed by atoms with Crippen LogP contribution in [0.25, 0.3) is 0 Å². The Morgan fingerprint density at radius 3 is 2.25 bits per heavy atom. The molecule has 0 unspecified atom stereocenters. The van der Waals surface area contributed by atoms with Gasteiger partial charge in [-0.1, -0.05) is 19.3 Å². The molecule has 1 aromatic rings. The van der Waals surface area contributed by atoms with Gasteiger partial charge < -0.3 is 9.80 Å². The highest BCUT2D eigenvalue weighted by atomic mass is 32.2. The first-order valence-corrected chi connectivity index (χ1v) is 13.3. The molecular weight excluding hydrogens is 452 g/mol. The van der Waals surface area contributed by atoms with E-state index in [1.54, 1.807) is 24.9 Å². The lowest BCUT2D eigenvalue weighted by Crippen LogP contribution is -2.53. The van der Waals surface area contributed by atoms with Gasteiger partial charge in [-0.25, -0.2) is 13.2 Å². The Labute approximate surface area is 193 Å². The summed E-state index contributed by atoms with van der Waals surface area (Å²) in [5, 5.41) is 0. The molecular formula is C21H30N4O5S2. The monoisotopic (exact) mass is 482 g/mol. The van der Waals surface area contributed by atoms with Crippen LogP contribution in [0.15, 0.2) is 11.0 Å². The van der Waals surface area contributed by atoms with Crippen molar-refractivity contribution >= 4 is 39.2 Å². The van der Waals surface area contributed by atoms with Crippen LogP contribution in [-0.4, -0.2) is 90.6 Å². The predicted molar refractivity (Wildman–Crippen MR) is 120 cm³/mol. The maximum atomic E-state index is 13.1. The number of amides is 4. The molecule has 3 fully saturated rings. The molecule has 0 aromatic carbocycles. The molecule has 0 radical (unpaired) electrons. The van der Waals surface area contributed by atoms with E-state index in [-0.39, 0.29) is 44.5 Å². The van der Waals surface area contributed by atoms with E-state index in [1.165, 1.54) is 20.5 Å². The van der Waals surface area contributed by atoms with Gasteiger partial charge in [0.1, 0.15) is 12.1 Å². The Morgan fingerprint density at radius 2 is 1.69 bits per heavy atom. The molecule has 1 aliphatic carbocycles. The lowest BCUT2D eigenvalue weighted by atomic mass is 9.81. The fourth-order valence-corrected chi connectivity index (χ4v) is 8.03. The largest absolute Gasteiger partial charge is 0.338 e. The molecule has 176 valence electrons. The quantitative estimate of drug-likeness (QED) is 0.610. The van der Waals surface area contributed by atoms with E-state index in [1.807, 2.05) is 6.92 Å². The van der Waals surface area contributed by atoms with Crippen LogP contribution in [0.4, 0.5) is 4.79 Å². The lowest BCUT2D eigenvalue weighted by Gasteiger charge is -2.36. The van der Waals surface area contributed by atoms with Gasteiger partial charge in [0, 0.05) is 43.0 Å². The third kappa shape index (κ3) is 3.73. The van der Waals surface area contributed by atoms with Gasteiger partial charge in [0.2, 0.25) is 15.9 Å². The van der Waals surface area contributed by atoms with Crippen molar-refractivity contribution in [3.05, 3.63) is 15.8 Å². The molecule has 32 heavy (non-hydrogen) atoms. The van der Waals surface area contributed by atoms with Gasteiger partial charge in [-0.05, 0) is 32.8 Å². The van der Waals surface area contributed by atoms with Crippen LogP contribution in [0, 0.1) is 13.8 Å². The van der Waals surface area contributed by atoms with Crippen molar-refractivity contribution in [2.75, 3.05) is 39.8 Å². The zero-order valence-corrected chi connectivity index (χ0v) is 20.4. The van der Waals surface area contributed by atoms with E-state index >= 15 is 0 Å². The number of carbonyl (C=O) groups is 3. The molecule has 9 nitrogen and oxygen atoms in total. The van der Waals surface area contributed by atoms with Gasteiger partial charge >= 0.3 is 6.03 Å². The number of urea groups is 1. The number of hydrogen-bond acceptors (Lipinski definition) is 6. The average Bonchev–Trinajstić information content (AvgIpc) is 3.21. The highest BCUT2D eigenvalue weighted by molar-refractivity contribution is 7.89. The van der Waals surface area contributed by atoms with Gasteiger partial charge in [-0.15, -0.1) is 11.3 Å². The van der Waals surface area contributed by atoms with Crippen molar-refractivity contribution in [3.8, 4) is 0 Å². The summed E-state index contributed by atoms with van der Waals surface area (Å²) < 4.78 is 27.4. The highest BCUT2D eigenvalue weighted by Gasteiger charge is 2.56. The fraction of sp³-hybridized carbons (Fsp3) is 0.667. The molecule has 3 aliphatic rings. The molecule has 4 amide bonds. The second-order valence-electron chi connectivity index (χ2n) is 8.89. The van der Waals surface area contributed by atoms with Crippen LogP contribution >= 0.6 is 11.3 Å². The van der Waals surface area contributed by atoms with E-state index in [0.29, 0.717) is 17.7 Å². The number of sulfonamides is 1. The number of piperazine rings is 1. The minimum Gasteiger partial charge on any atom is -0.338 e. The first kappa shape index (κ1) is 23.2. The molecule has 1 spiro atoms. The summed E-state index contributed by atoms with van der Waals surface area (Å²) >= 11 is 1.45. The summed E-state index contributed by atoms with van der Waals surface area (Å²) in [5.41, 5.74) is -0.807. The Balaban J connectivity index is 1.39. The summed E-state index contributed by atoms with van der Waals surface area (Å²) in [6, 6.07) is 1.27. The summed E-state index contributed by atoms with van der Waals surface area (Å²) in [7, 11) is -1.96. The zero-order chi connectivity index (χ0) is 23.3. The van der Waals surface area contributed by atoms with Crippen LogP contribution in [-0.2, 0) is 19.6 Å². The minimum absolute atomic E-state index is 0.189. The standard InChI is InChI=1S/C21H30N4O5S2/c1-15-13-17(16(2)31-15)32(29,30)24-11-9-23(10-12-24)18(26)14-25-19(27)21(22(3)20(25)28)7-5-4-6-8-21/h13H,4-12,14H2,1-3H3. The van der Waals surface area contributed by atoms with Crippen molar-refractivity contribution in [1.29, 1.82) is 0 Å². The Bertz CT molecular complexity index is 1040. The number of carbonyl (C=O) groups excluding carboxylic acids is 3. The van der Waals surface area contributed by atoms with Crippen LogP contribution in [0.3, 0.4) is 0 Å². The number of likely N-dealkylation sites (N-methyl/N-ethyl adjacent to an activating group) is 1. The first-order chi connectivity index (χ1) is 15.1. The second kappa shape index (κ2) is 8.42. The van der Waals surface area contributed by atoms with E-state index < -0.39 is 21.6 Å². The van der Waals surface area contributed by atoms with Crippen molar-refractivity contribution in [1.82, 2.24) is 19.0 Å². The summed E-state index contributed by atoms with van der Waals surface area (Å²) in [4.78, 5) is 44.9. The maximum absolute atomic E-state index is 13.1. The Morgan fingerprint density at radius 1 is 1.06 bits per heavy atom. The van der Waals surface area contributed by atoms with E-state index in [4.69, 9.17) is 0 Å². The Kier molecular flexibility index (Phi) is 6.10. The van der Waals surface area contributed by atoms with E-state index in [9.17, 15) is 22.8 Å².